The first-order valence-corrected chi connectivity index (χ1v) is 9.26. The molecule has 2 fully saturated rings. The van der Waals surface area contributed by atoms with Gasteiger partial charge in [-0.05, 0) is 62.5 Å². The Morgan fingerprint density at radius 3 is 2.75 bits per heavy atom. The SMILES string of the molecule is O=C(Nc1c2c(nn1-c1ccccc1)CCC2)C1CC2CCC1C2. The van der Waals surface area contributed by atoms with Gasteiger partial charge in [0.15, 0.2) is 0 Å². The Balaban J connectivity index is 1.48. The predicted molar refractivity (Wildman–Crippen MR) is 93.2 cm³/mol. The molecule has 0 aliphatic heterocycles. The Labute approximate surface area is 142 Å². The molecule has 24 heavy (non-hydrogen) atoms. The van der Waals surface area contributed by atoms with E-state index in [0.717, 1.165) is 48.8 Å². The van der Waals surface area contributed by atoms with E-state index in [1.807, 2.05) is 22.9 Å². The first kappa shape index (κ1) is 14.3. The van der Waals surface area contributed by atoms with Crippen molar-refractivity contribution in [2.75, 3.05) is 5.32 Å². The fraction of sp³-hybridized carbons (Fsp3) is 0.500. The number of aromatic nitrogens is 2. The normalized spacial score (nSPS) is 27.4. The Morgan fingerprint density at radius 1 is 1.12 bits per heavy atom. The monoisotopic (exact) mass is 321 g/mol. The molecule has 3 aliphatic rings. The van der Waals surface area contributed by atoms with Crippen molar-refractivity contribution in [3.8, 4) is 5.69 Å². The second-order valence-corrected chi connectivity index (χ2v) is 7.65. The minimum absolute atomic E-state index is 0.208. The molecule has 1 N–H and O–H groups in total. The van der Waals surface area contributed by atoms with Crippen LogP contribution in [-0.4, -0.2) is 15.7 Å². The topological polar surface area (TPSA) is 46.9 Å². The van der Waals surface area contributed by atoms with Gasteiger partial charge in [-0.15, -0.1) is 0 Å². The van der Waals surface area contributed by atoms with Crippen LogP contribution in [0.2, 0.25) is 0 Å². The zero-order chi connectivity index (χ0) is 16.1. The minimum Gasteiger partial charge on any atom is -0.310 e. The van der Waals surface area contributed by atoms with Crippen molar-refractivity contribution < 1.29 is 4.79 Å². The number of nitrogens with one attached hydrogen (secondary N) is 1. The summed E-state index contributed by atoms with van der Waals surface area (Å²) in [6.45, 7) is 0. The molecule has 3 unspecified atom stereocenters. The van der Waals surface area contributed by atoms with Crippen LogP contribution in [0.15, 0.2) is 30.3 Å². The van der Waals surface area contributed by atoms with Gasteiger partial charge in [0.05, 0.1) is 11.4 Å². The highest BCUT2D eigenvalue weighted by molar-refractivity contribution is 5.93. The molecule has 1 heterocycles. The Bertz CT molecular complexity index is 780. The first-order valence-electron chi connectivity index (χ1n) is 9.26. The van der Waals surface area contributed by atoms with Gasteiger partial charge in [0.1, 0.15) is 5.82 Å². The molecule has 1 aromatic heterocycles. The lowest BCUT2D eigenvalue weighted by Crippen LogP contribution is -2.28. The molecule has 124 valence electrons. The van der Waals surface area contributed by atoms with Crippen LogP contribution in [0.1, 0.15) is 43.4 Å². The highest BCUT2D eigenvalue weighted by Gasteiger charge is 2.43. The van der Waals surface area contributed by atoms with Crippen LogP contribution < -0.4 is 5.32 Å². The number of amides is 1. The summed E-state index contributed by atoms with van der Waals surface area (Å²) >= 11 is 0. The summed E-state index contributed by atoms with van der Waals surface area (Å²) in [5.74, 6) is 2.74. The van der Waals surface area contributed by atoms with Crippen LogP contribution in [0.25, 0.3) is 5.69 Å². The van der Waals surface area contributed by atoms with Crippen molar-refractivity contribution in [3.63, 3.8) is 0 Å². The molecular weight excluding hydrogens is 298 g/mol. The van der Waals surface area contributed by atoms with Crippen LogP contribution in [0.4, 0.5) is 5.82 Å². The summed E-state index contributed by atoms with van der Waals surface area (Å²) in [4.78, 5) is 12.9. The molecule has 2 saturated carbocycles. The van der Waals surface area contributed by atoms with Crippen LogP contribution in [0.3, 0.4) is 0 Å². The number of carbonyl (C=O) groups is 1. The average molecular weight is 321 g/mol. The largest absolute Gasteiger partial charge is 0.310 e. The quantitative estimate of drug-likeness (QED) is 0.936. The smallest absolute Gasteiger partial charge is 0.228 e. The second kappa shape index (κ2) is 5.47. The number of nitrogens with zero attached hydrogens (tertiary/aromatic N) is 2. The summed E-state index contributed by atoms with van der Waals surface area (Å²) in [5, 5.41) is 8.07. The molecule has 3 aliphatic carbocycles. The molecule has 0 spiro atoms. The van der Waals surface area contributed by atoms with E-state index in [4.69, 9.17) is 5.10 Å². The van der Waals surface area contributed by atoms with Gasteiger partial charge in [0.2, 0.25) is 5.91 Å². The zero-order valence-corrected chi connectivity index (χ0v) is 13.9. The van der Waals surface area contributed by atoms with E-state index in [9.17, 15) is 4.79 Å². The standard InChI is InChI=1S/C20H23N3O/c24-20(17-12-13-9-10-14(17)11-13)21-19-16-7-4-8-18(16)22-23(19)15-5-2-1-3-6-15/h1-3,5-6,13-14,17H,4,7-12H2,(H,21,24). The van der Waals surface area contributed by atoms with E-state index in [2.05, 4.69) is 17.4 Å². The van der Waals surface area contributed by atoms with Crippen molar-refractivity contribution in [3.05, 3.63) is 41.6 Å². The van der Waals surface area contributed by atoms with Crippen molar-refractivity contribution in [1.82, 2.24) is 9.78 Å². The third-order valence-electron chi connectivity index (χ3n) is 6.22. The van der Waals surface area contributed by atoms with Crippen molar-refractivity contribution in [2.45, 2.75) is 44.9 Å². The maximum Gasteiger partial charge on any atom is 0.228 e. The molecule has 1 aromatic carbocycles. The van der Waals surface area contributed by atoms with E-state index < -0.39 is 0 Å². The summed E-state index contributed by atoms with van der Waals surface area (Å²) in [6.07, 6.45) is 8.09. The molecule has 2 bridgehead atoms. The van der Waals surface area contributed by atoms with Gasteiger partial charge < -0.3 is 5.32 Å². The summed E-state index contributed by atoms with van der Waals surface area (Å²) in [6, 6.07) is 10.1. The van der Waals surface area contributed by atoms with Crippen LogP contribution in [0.5, 0.6) is 0 Å². The number of aryl methyl sites for hydroxylation is 1. The average Bonchev–Trinajstić information content (AvgIpc) is 3.37. The van der Waals surface area contributed by atoms with Gasteiger partial charge in [-0.2, -0.15) is 5.10 Å². The lowest BCUT2D eigenvalue weighted by atomic mass is 9.88. The van der Waals surface area contributed by atoms with E-state index in [1.54, 1.807) is 0 Å². The Kier molecular flexibility index (Phi) is 3.25. The number of hydrogen-bond acceptors (Lipinski definition) is 2. The fourth-order valence-electron chi connectivity index (χ4n) is 5.05. The number of para-hydroxylation sites is 1. The lowest BCUT2D eigenvalue weighted by Gasteiger charge is -2.21. The molecular formula is C20H23N3O. The minimum atomic E-state index is 0.208. The van der Waals surface area contributed by atoms with Crippen molar-refractivity contribution >= 4 is 11.7 Å². The number of hydrogen-bond donors (Lipinski definition) is 1. The van der Waals surface area contributed by atoms with E-state index in [-0.39, 0.29) is 11.8 Å². The van der Waals surface area contributed by atoms with Crippen LogP contribution in [-0.2, 0) is 17.6 Å². The molecule has 0 saturated heterocycles. The van der Waals surface area contributed by atoms with Crippen LogP contribution in [0, 0.1) is 17.8 Å². The van der Waals surface area contributed by atoms with Crippen molar-refractivity contribution in [1.29, 1.82) is 0 Å². The van der Waals surface area contributed by atoms with Gasteiger partial charge in [0, 0.05) is 11.5 Å². The fourth-order valence-corrected chi connectivity index (χ4v) is 5.05. The van der Waals surface area contributed by atoms with Gasteiger partial charge in [-0.3, -0.25) is 4.79 Å². The van der Waals surface area contributed by atoms with Gasteiger partial charge in [-0.1, -0.05) is 24.6 Å². The number of anilines is 1. The first-order chi connectivity index (χ1) is 11.8. The number of benzene rings is 1. The highest BCUT2D eigenvalue weighted by atomic mass is 16.2. The number of fused-ring (bicyclic) bond motifs is 3. The lowest BCUT2D eigenvalue weighted by molar-refractivity contribution is -0.121. The third kappa shape index (κ3) is 2.20. The summed E-state index contributed by atoms with van der Waals surface area (Å²) in [7, 11) is 0. The molecule has 3 atom stereocenters. The third-order valence-corrected chi connectivity index (χ3v) is 6.22. The molecule has 0 radical (unpaired) electrons. The van der Waals surface area contributed by atoms with Gasteiger partial charge in [0.25, 0.3) is 0 Å². The summed E-state index contributed by atoms with van der Waals surface area (Å²) in [5.41, 5.74) is 3.42. The molecule has 5 rings (SSSR count). The predicted octanol–water partition coefficient (Wildman–Crippen LogP) is 3.74. The zero-order valence-electron chi connectivity index (χ0n) is 13.9. The van der Waals surface area contributed by atoms with Crippen molar-refractivity contribution in [2.24, 2.45) is 17.8 Å². The highest BCUT2D eigenvalue weighted by Crippen LogP contribution is 2.48. The number of carbonyl (C=O) groups excluding carboxylic acids is 1. The van der Waals surface area contributed by atoms with E-state index in [1.165, 1.54) is 24.8 Å². The Morgan fingerprint density at radius 2 is 2.00 bits per heavy atom. The second-order valence-electron chi connectivity index (χ2n) is 7.65. The van der Waals surface area contributed by atoms with Gasteiger partial charge >= 0.3 is 0 Å². The van der Waals surface area contributed by atoms with Gasteiger partial charge in [-0.25, -0.2) is 4.68 Å². The maximum absolute atomic E-state index is 12.9. The summed E-state index contributed by atoms with van der Waals surface area (Å²) < 4.78 is 1.94. The van der Waals surface area contributed by atoms with Crippen LogP contribution >= 0.6 is 0 Å². The Hall–Kier alpha value is -2.10. The molecule has 4 nitrogen and oxygen atoms in total. The number of rotatable bonds is 3. The van der Waals surface area contributed by atoms with E-state index in [0.29, 0.717) is 5.92 Å². The van der Waals surface area contributed by atoms with E-state index >= 15 is 0 Å². The molecule has 4 heteroatoms. The molecule has 1 amide bonds. The molecule has 2 aromatic rings. The maximum atomic E-state index is 12.9.